The molecule has 1 aliphatic carbocycles. The first-order chi connectivity index (χ1) is 9.47. The molecule has 1 heterocycles. The van der Waals surface area contributed by atoms with Crippen molar-refractivity contribution in [2.45, 2.75) is 33.1 Å². The first kappa shape index (κ1) is 14.8. The molecular formula is C15H23N3O2. The number of aryl methyl sites for hydroxylation is 2. The zero-order chi connectivity index (χ0) is 14.8. The first-order valence-electron chi connectivity index (χ1n) is 7.04. The van der Waals surface area contributed by atoms with Gasteiger partial charge in [-0.1, -0.05) is 0 Å². The van der Waals surface area contributed by atoms with E-state index in [0.717, 1.165) is 36.2 Å². The van der Waals surface area contributed by atoms with Gasteiger partial charge < -0.3 is 10.4 Å². The van der Waals surface area contributed by atoms with Gasteiger partial charge in [0.05, 0.1) is 5.69 Å². The van der Waals surface area contributed by atoms with Crippen molar-refractivity contribution < 1.29 is 9.90 Å². The summed E-state index contributed by atoms with van der Waals surface area (Å²) in [5.41, 5.74) is 3.12. The van der Waals surface area contributed by atoms with Gasteiger partial charge in [0.2, 0.25) is 5.91 Å². The van der Waals surface area contributed by atoms with Gasteiger partial charge >= 0.3 is 0 Å². The number of hydrogen-bond donors (Lipinski definition) is 2. The summed E-state index contributed by atoms with van der Waals surface area (Å²) >= 11 is 0. The van der Waals surface area contributed by atoms with Gasteiger partial charge in [-0.2, -0.15) is 5.10 Å². The molecule has 2 N–H and O–H groups in total. The molecule has 0 radical (unpaired) electrons. The molecule has 0 bridgehead atoms. The summed E-state index contributed by atoms with van der Waals surface area (Å²) in [6.07, 6.45) is 6.35. The van der Waals surface area contributed by atoms with E-state index in [1.54, 1.807) is 6.08 Å². The number of hydrogen-bond acceptors (Lipinski definition) is 3. The number of carbonyl (C=O) groups is 1. The van der Waals surface area contributed by atoms with Gasteiger partial charge in [0.15, 0.2) is 0 Å². The van der Waals surface area contributed by atoms with Crippen molar-refractivity contribution in [2.75, 3.05) is 13.2 Å². The van der Waals surface area contributed by atoms with Crippen molar-refractivity contribution in [1.29, 1.82) is 0 Å². The molecule has 0 unspecified atom stereocenters. The maximum atomic E-state index is 11.8. The van der Waals surface area contributed by atoms with E-state index in [-0.39, 0.29) is 17.9 Å². The van der Waals surface area contributed by atoms with Crippen molar-refractivity contribution in [3.8, 4) is 0 Å². The van der Waals surface area contributed by atoms with E-state index < -0.39 is 0 Å². The molecule has 0 spiro atoms. The number of amides is 1. The second kappa shape index (κ2) is 5.79. The van der Waals surface area contributed by atoms with Crippen LogP contribution in [-0.4, -0.2) is 33.9 Å². The number of aromatic nitrogens is 2. The quantitative estimate of drug-likeness (QED) is 0.771. The highest BCUT2D eigenvalue weighted by atomic mass is 16.3. The van der Waals surface area contributed by atoms with Crippen LogP contribution in [0.4, 0.5) is 0 Å². The van der Waals surface area contributed by atoms with Crippen molar-refractivity contribution in [3.05, 3.63) is 23.0 Å². The smallest absolute Gasteiger partial charge is 0.244 e. The van der Waals surface area contributed by atoms with Crippen molar-refractivity contribution >= 4 is 12.0 Å². The molecule has 2 rings (SSSR count). The molecular weight excluding hydrogens is 254 g/mol. The number of nitrogens with zero attached hydrogens (tertiary/aromatic N) is 2. The molecule has 0 atom stereocenters. The molecule has 0 aliphatic heterocycles. The Morgan fingerprint density at radius 2 is 2.20 bits per heavy atom. The number of aliphatic hydroxyl groups is 1. The molecule has 0 aromatic carbocycles. The minimum absolute atomic E-state index is 0.0862. The van der Waals surface area contributed by atoms with E-state index in [1.165, 1.54) is 0 Å². The van der Waals surface area contributed by atoms with E-state index in [2.05, 4.69) is 10.4 Å². The lowest BCUT2D eigenvalue weighted by Gasteiger charge is -2.13. The van der Waals surface area contributed by atoms with Crippen LogP contribution in [0.1, 0.15) is 36.2 Å². The Labute approximate surface area is 119 Å². The topological polar surface area (TPSA) is 67.2 Å². The van der Waals surface area contributed by atoms with Crippen molar-refractivity contribution in [1.82, 2.24) is 15.1 Å². The summed E-state index contributed by atoms with van der Waals surface area (Å²) in [6, 6.07) is 0. The molecule has 20 heavy (non-hydrogen) atoms. The highest BCUT2D eigenvalue weighted by molar-refractivity contribution is 5.92. The van der Waals surface area contributed by atoms with Crippen LogP contribution in [0, 0.1) is 19.3 Å². The molecule has 5 heteroatoms. The number of carbonyl (C=O) groups excluding carboxylic acids is 1. The van der Waals surface area contributed by atoms with Crippen molar-refractivity contribution in [2.24, 2.45) is 12.5 Å². The normalized spacial score (nSPS) is 16.6. The van der Waals surface area contributed by atoms with Crippen LogP contribution in [0.15, 0.2) is 6.08 Å². The van der Waals surface area contributed by atoms with E-state index in [1.807, 2.05) is 31.7 Å². The molecule has 0 saturated heterocycles. The standard InChI is InChI=1S/C15H23N3O2/c1-11-13(12(2)18(3)17-11)4-5-14(20)16-10-15(6-7-15)8-9-19/h4-5,19H,6-10H2,1-3H3,(H,16,20)/b5-4+. The monoisotopic (exact) mass is 277 g/mol. The Morgan fingerprint density at radius 1 is 1.50 bits per heavy atom. The predicted octanol–water partition coefficient (Wildman–Crippen LogP) is 1.33. The largest absolute Gasteiger partial charge is 0.396 e. The molecule has 1 aromatic heterocycles. The van der Waals surface area contributed by atoms with Gasteiger partial charge in [-0.25, -0.2) is 0 Å². The molecule has 110 valence electrons. The second-order valence-electron chi connectivity index (χ2n) is 5.73. The maximum absolute atomic E-state index is 11.8. The Morgan fingerprint density at radius 3 is 2.70 bits per heavy atom. The molecule has 1 aliphatic rings. The van der Waals surface area contributed by atoms with Crippen LogP contribution < -0.4 is 5.32 Å². The van der Waals surface area contributed by atoms with Gasteiger partial charge in [-0.05, 0) is 44.6 Å². The van der Waals surface area contributed by atoms with Gasteiger partial charge in [-0.15, -0.1) is 0 Å². The van der Waals surface area contributed by atoms with Gasteiger partial charge in [-0.3, -0.25) is 9.48 Å². The van der Waals surface area contributed by atoms with Gasteiger partial charge in [0.1, 0.15) is 0 Å². The fourth-order valence-corrected chi connectivity index (χ4v) is 2.45. The minimum atomic E-state index is -0.0862. The summed E-state index contributed by atoms with van der Waals surface area (Å²) < 4.78 is 1.81. The van der Waals surface area contributed by atoms with E-state index in [0.29, 0.717) is 6.54 Å². The summed E-state index contributed by atoms with van der Waals surface area (Å²) in [5, 5.41) is 16.2. The average Bonchev–Trinajstić information content (AvgIpc) is 3.11. The van der Waals surface area contributed by atoms with Crippen LogP contribution >= 0.6 is 0 Å². The van der Waals surface area contributed by atoms with E-state index in [4.69, 9.17) is 5.11 Å². The molecule has 1 aromatic rings. The van der Waals surface area contributed by atoms with Gasteiger partial charge in [0, 0.05) is 37.5 Å². The van der Waals surface area contributed by atoms with Crippen LogP contribution in [-0.2, 0) is 11.8 Å². The molecule has 5 nitrogen and oxygen atoms in total. The molecule has 1 fully saturated rings. The number of rotatable bonds is 6. The Bertz CT molecular complexity index is 527. The van der Waals surface area contributed by atoms with E-state index >= 15 is 0 Å². The summed E-state index contributed by atoms with van der Waals surface area (Å²) in [4.78, 5) is 11.8. The lowest BCUT2D eigenvalue weighted by Crippen LogP contribution is -2.29. The maximum Gasteiger partial charge on any atom is 0.244 e. The predicted molar refractivity (Wildman–Crippen MR) is 78.1 cm³/mol. The average molecular weight is 277 g/mol. The summed E-state index contributed by atoms with van der Waals surface area (Å²) in [6.45, 7) is 4.77. The molecule has 1 saturated carbocycles. The minimum Gasteiger partial charge on any atom is -0.396 e. The van der Waals surface area contributed by atoms with Crippen LogP contribution in [0.5, 0.6) is 0 Å². The lowest BCUT2D eigenvalue weighted by atomic mass is 10.0. The number of nitrogens with one attached hydrogen (secondary N) is 1. The first-order valence-corrected chi connectivity index (χ1v) is 7.04. The summed E-state index contributed by atoms with van der Waals surface area (Å²) in [5.74, 6) is -0.0862. The number of aliphatic hydroxyl groups excluding tert-OH is 1. The second-order valence-corrected chi connectivity index (χ2v) is 5.73. The zero-order valence-corrected chi connectivity index (χ0v) is 12.4. The third-order valence-electron chi connectivity index (χ3n) is 4.20. The lowest BCUT2D eigenvalue weighted by molar-refractivity contribution is -0.116. The Hall–Kier alpha value is -1.62. The fourth-order valence-electron chi connectivity index (χ4n) is 2.45. The van der Waals surface area contributed by atoms with Crippen LogP contribution in [0.2, 0.25) is 0 Å². The van der Waals surface area contributed by atoms with Crippen LogP contribution in [0.3, 0.4) is 0 Å². The SMILES string of the molecule is Cc1nn(C)c(C)c1/C=C/C(=O)NCC1(CCO)CC1. The van der Waals surface area contributed by atoms with Gasteiger partial charge in [0.25, 0.3) is 0 Å². The fraction of sp³-hybridized carbons (Fsp3) is 0.600. The highest BCUT2D eigenvalue weighted by Gasteiger charge is 2.41. The third-order valence-corrected chi connectivity index (χ3v) is 4.20. The summed E-state index contributed by atoms with van der Waals surface area (Å²) in [7, 11) is 1.89. The third kappa shape index (κ3) is 3.28. The van der Waals surface area contributed by atoms with Crippen molar-refractivity contribution in [3.63, 3.8) is 0 Å². The Balaban J connectivity index is 1.90. The van der Waals surface area contributed by atoms with E-state index in [9.17, 15) is 4.79 Å². The van der Waals surface area contributed by atoms with Crippen LogP contribution in [0.25, 0.3) is 6.08 Å². The zero-order valence-electron chi connectivity index (χ0n) is 12.4. The molecule has 1 amide bonds. The highest BCUT2D eigenvalue weighted by Crippen LogP contribution is 2.47. The Kier molecular flexibility index (Phi) is 4.28.